The van der Waals surface area contributed by atoms with Gasteiger partial charge in [-0.3, -0.25) is 4.79 Å². The third-order valence-electron chi connectivity index (χ3n) is 3.98. The number of hydrogen-bond donors (Lipinski definition) is 3. The van der Waals surface area contributed by atoms with Gasteiger partial charge in [0.15, 0.2) is 12.4 Å². The van der Waals surface area contributed by atoms with E-state index in [1.165, 1.54) is 13.0 Å². The predicted molar refractivity (Wildman–Crippen MR) is 117 cm³/mol. The molecular weight excluding hydrogens is 396 g/mol. The lowest BCUT2D eigenvalue weighted by Crippen LogP contribution is -2.26. The number of aryl methyl sites for hydroxylation is 1. The van der Waals surface area contributed by atoms with Gasteiger partial charge in [-0.2, -0.15) is 15.0 Å². The molecule has 1 aromatic heterocycles. The standard InChI is InChI=1S/C22H22N6O3/c1-14-8-10-17(11-9-14)25-22-27-19(26-21(23)28-22)13-31-20(30)18(24-15(2)29)12-16-6-4-3-5-7-16/h3-12H,13H2,1-2H3,(H,24,29)(H3,23,25,26,27,28)/b18-12-. The molecule has 0 unspecified atom stereocenters. The number of carbonyl (C=O) groups excluding carboxylic acids is 2. The van der Waals surface area contributed by atoms with Crippen LogP contribution in [0.5, 0.6) is 0 Å². The van der Waals surface area contributed by atoms with Crippen molar-refractivity contribution in [3.05, 3.63) is 77.2 Å². The van der Waals surface area contributed by atoms with E-state index in [2.05, 4.69) is 25.6 Å². The number of anilines is 3. The maximum atomic E-state index is 12.5. The van der Waals surface area contributed by atoms with E-state index in [0.717, 1.165) is 16.8 Å². The number of amides is 1. The maximum absolute atomic E-state index is 12.5. The molecule has 0 fully saturated rings. The van der Waals surface area contributed by atoms with Crippen LogP contribution in [0.2, 0.25) is 0 Å². The first-order valence-corrected chi connectivity index (χ1v) is 9.44. The number of esters is 1. The summed E-state index contributed by atoms with van der Waals surface area (Å²) >= 11 is 0. The summed E-state index contributed by atoms with van der Waals surface area (Å²) in [6.45, 7) is 3.04. The van der Waals surface area contributed by atoms with E-state index in [0.29, 0.717) is 0 Å². The van der Waals surface area contributed by atoms with Crippen molar-refractivity contribution in [3.63, 3.8) is 0 Å². The number of carbonyl (C=O) groups is 2. The molecule has 0 aliphatic heterocycles. The normalized spacial score (nSPS) is 11.0. The van der Waals surface area contributed by atoms with Gasteiger partial charge in [0, 0.05) is 12.6 Å². The minimum Gasteiger partial charge on any atom is -0.453 e. The molecule has 1 amide bonds. The Morgan fingerprint density at radius 1 is 1.03 bits per heavy atom. The number of rotatable bonds is 7. The van der Waals surface area contributed by atoms with E-state index >= 15 is 0 Å². The summed E-state index contributed by atoms with van der Waals surface area (Å²) in [6.07, 6.45) is 1.52. The molecule has 0 aliphatic rings. The molecule has 9 nitrogen and oxygen atoms in total. The van der Waals surface area contributed by atoms with Crippen molar-refractivity contribution in [1.29, 1.82) is 0 Å². The van der Waals surface area contributed by atoms with Crippen molar-refractivity contribution in [2.45, 2.75) is 20.5 Å². The summed E-state index contributed by atoms with van der Waals surface area (Å²) < 4.78 is 5.28. The Kier molecular flexibility index (Phi) is 6.89. The van der Waals surface area contributed by atoms with Crippen LogP contribution in [0.1, 0.15) is 23.9 Å². The number of nitrogens with zero attached hydrogens (tertiary/aromatic N) is 3. The van der Waals surface area contributed by atoms with Gasteiger partial charge in [-0.05, 0) is 30.7 Å². The van der Waals surface area contributed by atoms with Crippen LogP contribution in [0.4, 0.5) is 17.6 Å². The van der Waals surface area contributed by atoms with Crippen molar-refractivity contribution in [3.8, 4) is 0 Å². The summed E-state index contributed by atoms with van der Waals surface area (Å²) in [5, 5.41) is 5.51. The fourth-order valence-corrected chi connectivity index (χ4v) is 2.58. The van der Waals surface area contributed by atoms with E-state index in [4.69, 9.17) is 10.5 Å². The number of nitrogens with two attached hydrogens (primary N) is 1. The minimum atomic E-state index is -0.730. The van der Waals surface area contributed by atoms with Crippen molar-refractivity contribution in [2.24, 2.45) is 0 Å². The van der Waals surface area contributed by atoms with E-state index in [9.17, 15) is 9.59 Å². The zero-order valence-electron chi connectivity index (χ0n) is 17.1. The second kappa shape index (κ2) is 9.97. The Morgan fingerprint density at radius 3 is 2.42 bits per heavy atom. The lowest BCUT2D eigenvalue weighted by molar-refractivity contribution is -0.141. The van der Waals surface area contributed by atoms with Crippen LogP contribution in [-0.2, 0) is 20.9 Å². The SMILES string of the molecule is CC(=O)N/C(=C\c1ccccc1)C(=O)OCc1nc(N)nc(Nc2ccc(C)cc2)n1. The number of ether oxygens (including phenoxy) is 1. The molecule has 158 valence electrons. The highest BCUT2D eigenvalue weighted by molar-refractivity contribution is 5.97. The van der Waals surface area contributed by atoms with Gasteiger partial charge in [-0.25, -0.2) is 4.79 Å². The molecule has 9 heteroatoms. The van der Waals surface area contributed by atoms with Crippen LogP contribution in [0.15, 0.2) is 60.3 Å². The van der Waals surface area contributed by atoms with Crippen LogP contribution in [-0.4, -0.2) is 26.8 Å². The number of aromatic nitrogens is 3. The van der Waals surface area contributed by atoms with Crippen molar-refractivity contribution in [1.82, 2.24) is 20.3 Å². The zero-order valence-corrected chi connectivity index (χ0v) is 17.1. The minimum absolute atomic E-state index is 0.00117. The average Bonchev–Trinajstić information content (AvgIpc) is 2.73. The Morgan fingerprint density at radius 2 is 1.74 bits per heavy atom. The first-order valence-electron chi connectivity index (χ1n) is 9.44. The van der Waals surface area contributed by atoms with Crippen LogP contribution in [0.3, 0.4) is 0 Å². The van der Waals surface area contributed by atoms with Crippen LogP contribution in [0.25, 0.3) is 6.08 Å². The summed E-state index contributed by atoms with van der Waals surface area (Å²) in [7, 11) is 0. The van der Waals surface area contributed by atoms with Crippen molar-refractivity contribution >= 4 is 35.5 Å². The lowest BCUT2D eigenvalue weighted by Gasteiger charge is -2.10. The average molecular weight is 418 g/mol. The Labute approximate surface area is 179 Å². The van der Waals surface area contributed by atoms with Crippen LogP contribution < -0.4 is 16.4 Å². The Bertz CT molecular complexity index is 1100. The molecule has 0 atom stereocenters. The van der Waals surface area contributed by atoms with Gasteiger partial charge in [0.05, 0.1) is 0 Å². The smallest absolute Gasteiger partial charge is 0.355 e. The topological polar surface area (TPSA) is 132 Å². The summed E-state index contributed by atoms with van der Waals surface area (Å²) in [5.74, 6) is -0.751. The van der Waals surface area contributed by atoms with Gasteiger partial charge in [0.25, 0.3) is 0 Å². The van der Waals surface area contributed by atoms with Crippen molar-refractivity contribution in [2.75, 3.05) is 11.1 Å². The van der Waals surface area contributed by atoms with E-state index in [-0.39, 0.29) is 30.0 Å². The largest absolute Gasteiger partial charge is 0.453 e. The number of hydrogen-bond acceptors (Lipinski definition) is 8. The molecule has 2 aromatic carbocycles. The van der Waals surface area contributed by atoms with E-state index in [1.807, 2.05) is 49.4 Å². The van der Waals surface area contributed by atoms with Gasteiger partial charge < -0.3 is 21.1 Å². The van der Waals surface area contributed by atoms with E-state index < -0.39 is 11.9 Å². The molecule has 0 bridgehead atoms. The van der Waals surface area contributed by atoms with E-state index in [1.54, 1.807) is 12.1 Å². The quantitative estimate of drug-likeness (QED) is 0.394. The van der Waals surface area contributed by atoms with Crippen molar-refractivity contribution < 1.29 is 14.3 Å². The summed E-state index contributed by atoms with van der Waals surface area (Å²) in [4.78, 5) is 36.3. The second-order valence-electron chi connectivity index (χ2n) is 6.65. The molecule has 0 saturated heterocycles. The van der Waals surface area contributed by atoms with Gasteiger partial charge in [-0.1, -0.05) is 48.0 Å². The molecule has 0 radical (unpaired) electrons. The van der Waals surface area contributed by atoms with Gasteiger partial charge in [-0.15, -0.1) is 0 Å². The fourth-order valence-electron chi connectivity index (χ4n) is 2.58. The highest BCUT2D eigenvalue weighted by Crippen LogP contribution is 2.15. The molecule has 0 spiro atoms. The van der Waals surface area contributed by atoms with Crippen LogP contribution in [0, 0.1) is 6.92 Å². The number of benzene rings is 2. The summed E-state index contributed by atoms with van der Waals surface area (Å²) in [6, 6.07) is 16.7. The number of nitrogens with one attached hydrogen (secondary N) is 2. The molecule has 0 aliphatic carbocycles. The highest BCUT2D eigenvalue weighted by Gasteiger charge is 2.15. The molecule has 3 aromatic rings. The predicted octanol–water partition coefficient (Wildman–Crippen LogP) is 2.73. The second-order valence-corrected chi connectivity index (χ2v) is 6.65. The van der Waals surface area contributed by atoms with Gasteiger partial charge in [0.2, 0.25) is 17.8 Å². The molecule has 1 heterocycles. The number of nitrogen functional groups attached to an aromatic ring is 1. The molecule has 31 heavy (non-hydrogen) atoms. The van der Waals surface area contributed by atoms with Gasteiger partial charge >= 0.3 is 5.97 Å². The third kappa shape index (κ3) is 6.64. The molecule has 0 saturated carbocycles. The highest BCUT2D eigenvalue weighted by atomic mass is 16.5. The van der Waals surface area contributed by atoms with Crippen LogP contribution >= 0.6 is 0 Å². The monoisotopic (exact) mass is 418 g/mol. The zero-order chi connectivity index (χ0) is 22.2. The first kappa shape index (κ1) is 21.4. The summed E-state index contributed by atoms with van der Waals surface area (Å²) in [5.41, 5.74) is 8.39. The molecule has 3 rings (SSSR count). The Balaban J connectivity index is 1.72. The Hall–Kier alpha value is -4.27. The third-order valence-corrected chi connectivity index (χ3v) is 3.98. The first-order chi connectivity index (χ1) is 14.9. The molecular formula is C22H22N6O3. The molecule has 4 N–H and O–H groups in total. The lowest BCUT2D eigenvalue weighted by atomic mass is 10.2. The van der Waals surface area contributed by atoms with Gasteiger partial charge in [0.1, 0.15) is 5.70 Å². The maximum Gasteiger partial charge on any atom is 0.355 e. The fraction of sp³-hybridized carbons (Fsp3) is 0.136.